The number of carbonyl (C=O) groups is 3. The SMILES string of the molecule is COC(=O)COc1ccc(NC(=O)NC(=O)c2ccc(C(=N)SC)cc2)cc1. The van der Waals surface area contributed by atoms with Crippen molar-refractivity contribution in [2.75, 3.05) is 25.3 Å². The summed E-state index contributed by atoms with van der Waals surface area (Å²) in [5.41, 5.74) is 1.45. The van der Waals surface area contributed by atoms with Crippen molar-refractivity contribution in [2.24, 2.45) is 0 Å². The third-order valence-corrected chi connectivity index (χ3v) is 4.18. The van der Waals surface area contributed by atoms with Gasteiger partial charge in [0, 0.05) is 16.8 Å². The number of anilines is 1. The van der Waals surface area contributed by atoms with E-state index < -0.39 is 17.9 Å². The lowest BCUT2D eigenvalue weighted by atomic mass is 10.1. The molecule has 8 nitrogen and oxygen atoms in total. The third-order valence-electron chi connectivity index (χ3n) is 3.54. The Morgan fingerprint density at radius 2 is 1.61 bits per heavy atom. The van der Waals surface area contributed by atoms with Crippen LogP contribution in [-0.2, 0) is 9.53 Å². The molecule has 0 bridgehead atoms. The maximum absolute atomic E-state index is 12.1. The van der Waals surface area contributed by atoms with Gasteiger partial charge >= 0.3 is 12.0 Å². The molecular weight excluding hydrogens is 382 g/mol. The summed E-state index contributed by atoms with van der Waals surface area (Å²) in [5.74, 6) is -0.625. The lowest BCUT2D eigenvalue weighted by Crippen LogP contribution is -2.34. The molecular formula is C19H19N3O5S. The highest BCUT2D eigenvalue weighted by Gasteiger charge is 2.11. The van der Waals surface area contributed by atoms with Gasteiger partial charge in [0.2, 0.25) is 0 Å². The molecule has 0 aliphatic heterocycles. The van der Waals surface area contributed by atoms with Crippen molar-refractivity contribution in [3.63, 3.8) is 0 Å². The van der Waals surface area contributed by atoms with Gasteiger partial charge in [-0.3, -0.25) is 15.5 Å². The van der Waals surface area contributed by atoms with Crippen LogP contribution in [0.15, 0.2) is 48.5 Å². The summed E-state index contributed by atoms with van der Waals surface area (Å²) < 4.78 is 9.67. The van der Waals surface area contributed by atoms with E-state index in [2.05, 4.69) is 15.4 Å². The van der Waals surface area contributed by atoms with E-state index in [0.29, 0.717) is 27.6 Å². The Balaban J connectivity index is 1.88. The smallest absolute Gasteiger partial charge is 0.343 e. The summed E-state index contributed by atoms with van der Waals surface area (Å²) in [6.07, 6.45) is 1.80. The Labute approximate surface area is 166 Å². The number of thioether (sulfide) groups is 1. The van der Waals surface area contributed by atoms with Crippen molar-refractivity contribution < 1.29 is 23.9 Å². The number of urea groups is 1. The molecule has 3 amide bonds. The number of imide groups is 1. The zero-order valence-corrected chi connectivity index (χ0v) is 16.1. The Morgan fingerprint density at radius 1 is 1.00 bits per heavy atom. The van der Waals surface area contributed by atoms with E-state index in [-0.39, 0.29) is 6.61 Å². The van der Waals surface area contributed by atoms with Gasteiger partial charge in [0.1, 0.15) is 5.75 Å². The monoisotopic (exact) mass is 401 g/mol. The molecule has 2 aromatic rings. The number of carbonyl (C=O) groups excluding carboxylic acids is 3. The van der Waals surface area contributed by atoms with Crippen LogP contribution in [0.25, 0.3) is 0 Å². The van der Waals surface area contributed by atoms with Crippen LogP contribution in [-0.4, -0.2) is 42.9 Å². The van der Waals surface area contributed by atoms with E-state index in [1.54, 1.807) is 54.8 Å². The van der Waals surface area contributed by atoms with Gasteiger partial charge in [0.05, 0.1) is 12.2 Å². The average Bonchev–Trinajstić information content (AvgIpc) is 2.72. The van der Waals surface area contributed by atoms with Crippen LogP contribution >= 0.6 is 11.8 Å². The van der Waals surface area contributed by atoms with Crippen LogP contribution in [0.3, 0.4) is 0 Å². The van der Waals surface area contributed by atoms with Gasteiger partial charge < -0.3 is 14.8 Å². The lowest BCUT2D eigenvalue weighted by Gasteiger charge is -2.09. The highest BCUT2D eigenvalue weighted by molar-refractivity contribution is 8.13. The zero-order valence-electron chi connectivity index (χ0n) is 15.3. The number of rotatable bonds is 6. The summed E-state index contributed by atoms with van der Waals surface area (Å²) in [5, 5.41) is 12.9. The van der Waals surface area contributed by atoms with Crippen molar-refractivity contribution >= 4 is 40.4 Å². The number of benzene rings is 2. The van der Waals surface area contributed by atoms with Gasteiger partial charge in [-0.1, -0.05) is 12.1 Å². The van der Waals surface area contributed by atoms with Crippen LogP contribution in [0.1, 0.15) is 15.9 Å². The molecule has 0 spiro atoms. The molecule has 0 aliphatic carbocycles. The first kappa shape index (κ1) is 21.0. The third kappa shape index (κ3) is 6.13. The van der Waals surface area contributed by atoms with E-state index in [4.69, 9.17) is 10.1 Å². The quantitative estimate of drug-likeness (QED) is 0.389. The van der Waals surface area contributed by atoms with Crippen LogP contribution in [0, 0.1) is 5.41 Å². The minimum Gasteiger partial charge on any atom is -0.482 e. The molecule has 0 fully saturated rings. The van der Waals surface area contributed by atoms with E-state index >= 15 is 0 Å². The first-order chi connectivity index (χ1) is 13.4. The first-order valence-electron chi connectivity index (χ1n) is 8.08. The topological polar surface area (TPSA) is 118 Å². The molecule has 3 N–H and O–H groups in total. The van der Waals surface area contributed by atoms with Crippen LogP contribution in [0.4, 0.5) is 10.5 Å². The maximum atomic E-state index is 12.1. The Kier molecular flexibility index (Phi) is 7.58. The minimum absolute atomic E-state index is 0.215. The molecule has 0 aliphatic rings. The maximum Gasteiger partial charge on any atom is 0.343 e. The molecule has 0 saturated heterocycles. The minimum atomic E-state index is -0.686. The summed E-state index contributed by atoms with van der Waals surface area (Å²) in [4.78, 5) is 35.1. The van der Waals surface area contributed by atoms with E-state index in [0.717, 1.165) is 0 Å². The molecule has 0 heterocycles. The van der Waals surface area contributed by atoms with Gasteiger partial charge in [-0.15, -0.1) is 11.8 Å². The number of hydrogen-bond acceptors (Lipinski definition) is 7. The molecule has 9 heteroatoms. The van der Waals surface area contributed by atoms with E-state index in [1.165, 1.54) is 18.9 Å². The summed E-state index contributed by atoms with van der Waals surface area (Å²) in [6.45, 7) is -0.215. The van der Waals surface area contributed by atoms with Gasteiger partial charge in [-0.05, 0) is 42.7 Å². The second kappa shape index (κ2) is 10.1. The van der Waals surface area contributed by atoms with Crippen molar-refractivity contribution in [2.45, 2.75) is 0 Å². The van der Waals surface area contributed by atoms with Crippen molar-refractivity contribution in [3.8, 4) is 5.75 Å². The lowest BCUT2D eigenvalue weighted by molar-refractivity contribution is -0.142. The molecule has 0 aromatic heterocycles. The fourth-order valence-corrected chi connectivity index (χ4v) is 2.44. The fraction of sp³-hybridized carbons (Fsp3) is 0.158. The standard InChI is InChI=1S/C19H19N3O5S/c1-26-16(23)11-27-15-9-7-14(8-10-15)21-19(25)22-18(24)13-5-3-12(4-6-13)17(20)28-2/h3-10,20H,11H2,1-2H3,(H2,21,22,24,25). The van der Waals surface area contributed by atoms with Gasteiger partial charge in [0.15, 0.2) is 6.61 Å². The second-order valence-corrected chi connectivity index (χ2v) is 6.22. The molecule has 28 heavy (non-hydrogen) atoms. The normalized spacial score (nSPS) is 9.93. The first-order valence-corrected chi connectivity index (χ1v) is 9.30. The van der Waals surface area contributed by atoms with Crippen LogP contribution in [0.2, 0.25) is 0 Å². The highest BCUT2D eigenvalue weighted by atomic mass is 32.2. The molecule has 0 unspecified atom stereocenters. The van der Waals surface area contributed by atoms with Gasteiger partial charge in [-0.2, -0.15) is 0 Å². The Morgan fingerprint density at radius 3 is 2.18 bits per heavy atom. The Hall–Kier alpha value is -3.33. The molecule has 146 valence electrons. The predicted octanol–water partition coefficient (Wildman–Crippen LogP) is 2.89. The van der Waals surface area contributed by atoms with Gasteiger partial charge in [0.25, 0.3) is 5.91 Å². The second-order valence-electron chi connectivity index (χ2n) is 5.41. The zero-order chi connectivity index (χ0) is 20.5. The van der Waals surface area contributed by atoms with Crippen molar-refractivity contribution in [3.05, 3.63) is 59.7 Å². The summed E-state index contributed by atoms with van der Waals surface area (Å²) in [6, 6.07) is 12.0. The van der Waals surface area contributed by atoms with Gasteiger partial charge in [-0.25, -0.2) is 9.59 Å². The van der Waals surface area contributed by atoms with Crippen molar-refractivity contribution in [1.82, 2.24) is 5.32 Å². The van der Waals surface area contributed by atoms with E-state index in [1.807, 2.05) is 0 Å². The predicted molar refractivity (Wildman–Crippen MR) is 107 cm³/mol. The number of amides is 3. The van der Waals surface area contributed by atoms with E-state index in [9.17, 15) is 14.4 Å². The molecule has 2 rings (SSSR count). The number of nitrogens with one attached hydrogen (secondary N) is 3. The molecule has 0 saturated carbocycles. The fourth-order valence-electron chi connectivity index (χ4n) is 2.06. The molecule has 2 aromatic carbocycles. The molecule has 0 atom stereocenters. The highest BCUT2D eigenvalue weighted by Crippen LogP contribution is 2.16. The number of methoxy groups -OCH3 is 1. The largest absolute Gasteiger partial charge is 0.482 e. The van der Waals surface area contributed by atoms with Crippen LogP contribution < -0.4 is 15.4 Å². The number of hydrogen-bond donors (Lipinski definition) is 3. The summed E-state index contributed by atoms with van der Waals surface area (Å²) >= 11 is 1.30. The number of esters is 1. The summed E-state index contributed by atoms with van der Waals surface area (Å²) in [7, 11) is 1.27. The molecule has 0 radical (unpaired) electrons. The number of ether oxygens (including phenoxy) is 2. The Bertz CT molecular complexity index is 866. The average molecular weight is 401 g/mol. The van der Waals surface area contributed by atoms with Crippen LogP contribution in [0.5, 0.6) is 5.75 Å². The van der Waals surface area contributed by atoms with Crippen molar-refractivity contribution in [1.29, 1.82) is 5.41 Å².